The molecule has 7 nitrogen and oxygen atoms in total. The second-order valence-corrected chi connectivity index (χ2v) is 6.32. The number of hydrazine groups is 1. The number of carbonyl (C=O) groups excluding carboxylic acids is 2. The van der Waals surface area contributed by atoms with Crippen LogP contribution in [0.5, 0.6) is 17.2 Å². The lowest BCUT2D eigenvalue weighted by atomic mass is 9.95. The van der Waals surface area contributed by atoms with Crippen molar-refractivity contribution in [3.8, 4) is 17.2 Å². The van der Waals surface area contributed by atoms with Crippen molar-refractivity contribution in [3.63, 3.8) is 0 Å². The lowest BCUT2D eigenvalue weighted by molar-refractivity contribution is -0.149. The van der Waals surface area contributed by atoms with E-state index in [4.69, 9.17) is 23.2 Å². The Morgan fingerprint density at radius 1 is 1.12 bits per heavy atom. The van der Waals surface area contributed by atoms with Gasteiger partial charge in [-0.05, 0) is 29.8 Å². The van der Waals surface area contributed by atoms with Gasteiger partial charge in [-0.3, -0.25) is 15.0 Å². The molecule has 2 aromatic carbocycles. The number of phenols is 3. The third kappa shape index (κ3) is 3.04. The van der Waals surface area contributed by atoms with E-state index in [1.807, 2.05) is 0 Å². The maximum atomic E-state index is 12.3. The molecular formula is C16H12Cl2N2O5. The number of halogens is 2. The van der Waals surface area contributed by atoms with Crippen LogP contribution >= 0.6 is 23.2 Å². The van der Waals surface area contributed by atoms with Gasteiger partial charge in [-0.15, -0.1) is 11.6 Å². The molecule has 1 heterocycles. The predicted octanol–water partition coefficient (Wildman–Crippen LogP) is 2.29. The average Bonchev–Trinajstić information content (AvgIpc) is 2.58. The van der Waals surface area contributed by atoms with E-state index in [9.17, 15) is 24.9 Å². The zero-order chi connectivity index (χ0) is 18.3. The van der Waals surface area contributed by atoms with Crippen molar-refractivity contribution in [2.75, 3.05) is 0 Å². The topological polar surface area (TPSA) is 110 Å². The number of rotatable bonds is 3. The summed E-state index contributed by atoms with van der Waals surface area (Å²) in [7, 11) is 0. The molecule has 2 amide bonds. The van der Waals surface area contributed by atoms with Crippen LogP contribution in [-0.2, 0) is 4.79 Å². The van der Waals surface area contributed by atoms with Gasteiger partial charge in [0.2, 0.25) is 0 Å². The molecule has 0 bridgehead atoms. The molecule has 25 heavy (non-hydrogen) atoms. The summed E-state index contributed by atoms with van der Waals surface area (Å²) in [6.45, 7) is 0. The number of β-lactam (4-membered cyclic amide) rings is 1. The van der Waals surface area contributed by atoms with Crippen LogP contribution in [0.15, 0.2) is 36.4 Å². The summed E-state index contributed by atoms with van der Waals surface area (Å²) in [5, 5.41) is 28.9. The second-order valence-electron chi connectivity index (χ2n) is 5.41. The van der Waals surface area contributed by atoms with E-state index >= 15 is 0 Å². The van der Waals surface area contributed by atoms with Gasteiger partial charge in [-0.25, -0.2) is 5.01 Å². The lowest BCUT2D eigenvalue weighted by Crippen LogP contribution is -2.63. The van der Waals surface area contributed by atoms with Crippen LogP contribution in [0.2, 0.25) is 5.02 Å². The second kappa shape index (κ2) is 6.34. The first-order valence-corrected chi connectivity index (χ1v) is 7.89. The number of carbonyl (C=O) groups is 2. The lowest BCUT2D eigenvalue weighted by Gasteiger charge is -2.44. The van der Waals surface area contributed by atoms with E-state index < -0.39 is 40.5 Å². The highest BCUT2D eigenvalue weighted by molar-refractivity contribution is 6.34. The molecule has 130 valence electrons. The fourth-order valence-electron chi connectivity index (χ4n) is 2.50. The van der Waals surface area contributed by atoms with Crippen LogP contribution < -0.4 is 5.43 Å². The van der Waals surface area contributed by atoms with Gasteiger partial charge < -0.3 is 15.3 Å². The Kier molecular flexibility index (Phi) is 4.36. The molecule has 1 fully saturated rings. The van der Waals surface area contributed by atoms with Gasteiger partial charge >= 0.3 is 0 Å². The summed E-state index contributed by atoms with van der Waals surface area (Å²) in [5.41, 5.74) is 2.86. The predicted molar refractivity (Wildman–Crippen MR) is 89.6 cm³/mol. The zero-order valence-corrected chi connectivity index (χ0v) is 14.0. The van der Waals surface area contributed by atoms with Crippen molar-refractivity contribution >= 4 is 35.0 Å². The molecule has 0 aliphatic carbocycles. The van der Waals surface area contributed by atoms with E-state index in [-0.39, 0.29) is 5.56 Å². The summed E-state index contributed by atoms with van der Waals surface area (Å²) in [6, 6.07) is 8.01. The number of amides is 2. The van der Waals surface area contributed by atoms with Gasteiger partial charge in [0.15, 0.2) is 17.2 Å². The number of nitrogens with zero attached hydrogens (tertiary/aromatic N) is 1. The van der Waals surface area contributed by atoms with Gasteiger partial charge in [0.1, 0.15) is 11.4 Å². The smallest absolute Gasteiger partial charge is 0.270 e. The van der Waals surface area contributed by atoms with Crippen molar-refractivity contribution in [1.82, 2.24) is 10.4 Å². The number of hydrogen-bond donors (Lipinski definition) is 4. The third-order valence-corrected chi connectivity index (χ3v) is 4.43. The van der Waals surface area contributed by atoms with Gasteiger partial charge in [0.25, 0.3) is 11.8 Å². The highest BCUT2D eigenvalue weighted by Gasteiger charge is 2.48. The van der Waals surface area contributed by atoms with E-state index in [0.29, 0.717) is 10.6 Å². The minimum absolute atomic E-state index is 0.150. The minimum Gasteiger partial charge on any atom is -0.504 e. The van der Waals surface area contributed by atoms with E-state index in [0.717, 1.165) is 17.1 Å². The molecular weight excluding hydrogens is 371 g/mol. The summed E-state index contributed by atoms with van der Waals surface area (Å²) >= 11 is 12.0. The highest BCUT2D eigenvalue weighted by atomic mass is 35.5. The van der Waals surface area contributed by atoms with Gasteiger partial charge in [0.05, 0.1) is 0 Å². The molecule has 2 atom stereocenters. The summed E-state index contributed by atoms with van der Waals surface area (Å²) in [5.74, 6) is -3.35. The Morgan fingerprint density at radius 3 is 2.36 bits per heavy atom. The fraction of sp³-hybridized carbons (Fsp3) is 0.125. The molecule has 1 aliphatic heterocycles. The summed E-state index contributed by atoms with van der Waals surface area (Å²) < 4.78 is 0. The van der Waals surface area contributed by atoms with E-state index in [1.165, 1.54) is 0 Å². The zero-order valence-electron chi connectivity index (χ0n) is 12.5. The van der Waals surface area contributed by atoms with Crippen molar-refractivity contribution in [3.05, 3.63) is 52.5 Å². The van der Waals surface area contributed by atoms with Crippen molar-refractivity contribution < 1.29 is 24.9 Å². The Bertz CT molecular complexity index is 850. The maximum Gasteiger partial charge on any atom is 0.270 e. The first-order chi connectivity index (χ1) is 11.8. The van der Waals surface area contributed by atoms with E-state index in [2.05, 4.69) is 5.43 Å². The van der Waals surface area contributed by atoms with Crippen LogP contribution in [0, 0.1) is 0 Å². The monoisotopic (exact) mass is 382 g/mol. The quantitative estimate of drug-likeness (QED) is 0.369. The SMILES string of the molecule is O=C(NN1C(=O)C(Cl)C1c1cccc(Cl)c1)c1cc(O)c(O)c(O)c1. The van der Waals surface area contributed by atoms with Gasteiger partial charge in [0, 0.05) is 10.6 Å². The van der Waals surface area contributed by atoms with Crippen molar-refractivity contribution in [1.29, 1.82) is 0 Å². The molecule has 0 radical (unpaired) electrons. The number of hydrogen-bond acceptors (Lipinski definition) is 5. The molecule has 2 aromatic rings. The van der Waals surface area contributed by atoms with Gasteiger partial charge in [-0.1, -0.05) is 23.7 Å². The van der Waals surface area contributed by atoms with Crippen LogP contribution in [0.25, 0.3) is 0 Å². The van der Waals surface area contributed by atoms with Crippen molar-refractivity contribution in [2.24, 2.45) is 0 Å². The Morgan fingerprint density at radius 2 is 1.76 bits per heavy atom. The number of aromatic hydroxyl groups is 3. The molecule has 0 spiro atoms. The highest BCUT2D eigenvalue weighted by Crippen LogP contribution is 2.39. The maximum absolute atomic E-state index is 12.3. The molecule has 2 unspecified atom stereocenters. The number of alkyl halides is 1. The Balaban J connectivity index is 1.83. The Hall–Kier alpha value is -2.64. The van der Waals surface area contributed by atoms with E-state index in [1.54, 1.807) is 24.3 Å². The molecule has 1 saturated heterocycles. The molecule has 0 saturated carbocycles. The normalized spacial score (nSPS) is 19.4. The van der Waals surface area contributed by atoms with Gasteiger partial charge in [-0.2, -0.15) is 0 Å². The van der Waals surface area contributed by atoms with Crippen LogP contribution in [0.1, 0.15) is 22.0 Å². The molecule has 3 rings (SSSR count). The van der Waals surface area contributed by atoms with Crippen LogP contribution in [-0.4, -0.2) is 37.5 Å². The third-order valence-electron chi connectivity index (χ3n) is 3.77. The molecule has 4 N–H and O–H groups in total. The summed E-state index contributed by atoms with van der Waals surface area (Å²) in [6.07, 6.45) is 0. The fourth-order valence-corrected chi connectivity index (χ4v) is 3.06. The average molecular weight is 383 g/mol. The minimum atomic E-state index is -0.861. The first kappa shape index (κ1) is 17.2. The first-order valence-electron chi connectivity index (χ1n) is 7.08. The molecule has 9 heteroatoms. The summed E-state index contributed by atoms with van der Waals surface area (Å²) in [4.78, 5) is 24.3. The standard InChI is InChI=1S/C16H12Cl2N2O5/c17-9-3-1-2-7(4-9)13-12(18)16(25)20(13)19-15(24)8-5-10(21)14(23)11(22)6-8/h1-6,12-13,21-23H,(H,19,24). The largest absolute Gasteiger partial charge is 0.504 e. The molecule has 0 aromatic heterocycles. The molecule has 1 aliphatic rings. The Labute approximate surface area is 152 Å². The van der Waals surface area contributed by atoms with Crippen LogP contribution in [0.4, 0.5) is 0 Å². The number of phenolic OH excluding ortho intramolecular Hbond substituents is 3. The van der Waals surface area contributed by atoms with Crippen molar-refractivity contribution in [2.45, 2.75) is 11.4 Å². The van der Waals surface area contributed by atoms with Crippen LogP contribution in [0.3, 0.4) is 0 Å². The number of nitrogens with one attached hydrogen (secondary N) is 1. The number of benzene rings is 2.